The Balaban J connectivity index is 2.19. The molecule has 0 amide bonds. The van der Waals surface area contributed by atoms with Gasteiger partial charge in [-0.25, -0.2) is 14.6 Å². The Hall–Kier alpha value is -3.23. The second kappa shape index (κ2) is 5.28. The first-order valence-electron chi connectivity index (χ1n) is 6.39. The first kappa shape index (κ1) is 13.7. The average molecular weight is 300 g/mol. The van der Waals surface area contributed by atoms with Crippen molar-refractivity contribution in [3.63, 3.8) is 0 Å². The molecule has 0 spiro atoms. The SMILES string of the molecule is C=CCNc1ncnc2c1c(-c1ccc([N+](=O)[O-])o1)nn2C. The van der Waals surface area contributed by atoms with Crippen LogP contribution in [0.3, 0.4) is 0 Å². The fraction of sp³-hybridized carbons (Fsp3) is 0.154. The monoisotopic (exact) mass is 300 g/mol. The van der Waals surface area contributed by atoms with E-state index in [2.05, 4.69) is 27.0 Å². The number of nitrogens with zero attached hydrogens (tertiary/aromatic N) is 5. The van der Waals surface area contributed by atoms with Crippen molar-refractivity contribution in [2.24, 2.45) is 7.05 Å². The molecule has 3 heterocycles. The Morgan fingerprint density at radius 3 is 3.00 bits per heavy atom. The third kappa shape index (κ3) is 2.18. The van der Waals surface area contributed by atoms with Crippen LogP contribution in [0.4, 0.5) is 11.7 Å². The maximum atomic E-state index is 10.8. The summed E-state index contributed by atoms with van der Waals surface area (Å²) in [6, 6.07) is 2.79. The minimum atomic E-state index is -0.595. The Kier molecular flexibility index (Phi) is 3.30. The van der Waals surface area contributed by atoms with Gasteiger partial charge >= 0.3 is 5.88 Å². The first-order chi connectivity index (χ1) is 10.6. The highest BCUT2D eigenvalue weighted by Crippen LogP contribution is 2.33. The van der Waals surface area contributed by atoms with Gasteiger partial charge in [-0.2, -0.15) is 5.10 Å². The second-order valence-corrected chi connectivity index (χ2v) is 4.46. The van der Waals surface area contributed by atoms with Crippen LogP contribution in [0.1, 0.15) is 0 Å². The molecule has 0 aromatic carbocycles. The molecule has 0 saturated heterocycles. The summed E-state index contributed by atoms with van der Waals surface area (Å²) in [7, 11) is 1.73. The van der Waals surface area contributed by atoms with Gasteiger partial charge in [0.15, 0.2) is 11.4 Å². The van der Waals surface area contributed by atoms with Crippen LogP contribution in [-0.4, -0.2) is 31.2 Å². The third-order valence-electron chi connectivity index (χ3n) is 3.04. The third-order valence-corrected chi connectivity index (χ3v) is 3.04. The van der Waals surface area contributed by atoms with Gasteiger partial charge in [0.1, 0.15) is 22.8 Å². The molecule has 9 nitrogen and oxygen atoms in total. The molecule has 0 aliphatic heterocycles. The highest BCUT2D eigenvalue weighted by molar-refractivity contribution is 5.98. The normalized spacial score (nSPS) is 10.8. The van der Waals surface area contributed by atoms with Crippen molar-refractivity contribution in [1.29, 1.82) is 0 Å². The summed E-state index contributed by atoms with van der Waals surface area (Å²) >= 11 is 0. The number of nitrogens with one attached hydrogen (secondary N) is 1. The largest absolute Gasteiger partial charge is 0.433 e. The van der Waals surface area contributed by atoms with Gasteiger partial charge in [-0.05, 0) is 6.07 Å². The number of aryl methyl sites for hydroxylation is 1. The minimum Gasteiger partial charge on any atom is -0.399 e. The smallest absolute Gasteiger partial charge is 0.399 e. The lowest BCUT2D eigenvalue weighted by molar-refractivity contribution is -0.401. The maximum absolute atomic E-state index is 10.8. The molecule has 0 aliphatic carbocycles. The highest BCUT2D eigenvalue weighted by atomic mass is 16.6. The molecule has 3 aromatic heterocycles. The van der Waals surface area contributed by atoms with Gasteiger partial charge in [0.05, 0.1) is 11.5 Å². The van der Waals surface area contributed by atoms with Crippen LogP contribution in [0, 0.1) is 10.1 Å². The van der Waals surface area contributed by atoms with Crippen LogP contribution >= 0.6 is 0 Å². The number of hydrogen-bond donors (Lipinski definition) is 1. The van der Waals surface area contributed by atoms with Crippen LogP contribution in [0.5, 0.6) is 0 Å². The Morgan fingerprint density at radius 2 is 2.32 bits per heavy atom. The van der Waals surface area contributed by atoms with Gasteiger partial charge < -0.3 is 9.73 Å². The summed E-state index contributed by atoms with van der Waals surface area (Å²) < 4.78 is 6.80. The molecule has 22 heavy (non-hydrogen) atoms. The fourth-order valence-electron chi connectivity index (χ4n) is 2.12. The standard InChI is InChI=1S/C13H12N6O3/c1-3-6-14-12-10-11(8-4-5-9(22-8)19(20)21)17-18(2)13(10)16-7-15-12/h3-5,7H,1,6H2,2H3,(H,14,15,16). The predicted molar refractivity (Wildman–Crippen MR) is 79.3 cm³/mol. The number of nitro groups is 1. The molecule has 0 fully saturated rings. The predicted octanol–water partition coefficient (Wildman–Crippen LogP) is 2.13. The van der Waals surface area contributed by atoms with E-state index in [1.165, 1.54) is 18.5 Å². The van der Waals surface area contributed by atoms with Crippen molar-refractivity contribution in [3.8, 4) is 11.5 Å². The summed E-state index contributed by atoms with van der Waals surface area (Å²) in [5.41, 5.74) is 1.04. The molecule has 9 heteroatoms. The summed E-state index contributed by atoms with van der Waals surface area (Å²) in [6.45, 7) is 4.16. The molecular formula is C13H12N6O3. The zero-order valence-corrected chi connectivity index (χ0v) is 11.7. The molecule has 3 aromatic rings. The molecule has 1 N–H and O–H groups in total. The van der Waals surface area contributed by atoms with Crippen molar-refractivity contribution < 1.29 is 9.34 Å². The quantitative estimate of drug-likeness (QED) is 0.436. The Labute approximate surface area is 124 Å². The van der Waals surface area contributed by atoms with Gasteiger partial charge in [0, 0.05) is 13.6 Å². The average Bonchev–Trinajstić information content (AvgIpc) is 3.11. The lowest BCUT2D eigenvalue weighted by Crippen LogP contribution is -2.01. The summed E-state index contributed by atoms with van der Waals surface area (Å²) in [5, 5.41) is 18.8. The lowest BCUT2D eigenvalue weighted by Gasteiger charge is -2.03. The minimum absolute atomic E-state index is 0.286. The van der Waals surface area contributed by atoms with E-state index in [1.807, 2.05) is 0 Å². The van der Waals surface area contributed by atoms with Crippen LogP contribution in [0.25, 0.3) is 22.5 Å². The number of hydrogen-bond acceptors (Lipinski definition) is 7. The number of fused-ring (bicyclic) bond motifs is 1. The number of rotatable bonds is 5. The molecule has 0 aliphatic rings. The van der Waals surface area contributed by atoms with Crippen molar-refractivity contribution >= 4 is 22.7 Å². The van der Waals surface area contributed by atoms with Crippen LogP contribution in [-0.2, 0) is 7.05 Å². The van der Waals surface area contributed by atoms with Gasteiger partial charge in [-0.15, -0.1) is 6.58 Å². The van der Waals surface area contributed by atoms with Gasteiger partial charge in [0.2, 0.25) is 0 Å². The number of aromatic nitrogens is 4. The number of anilines is 1. The lowest BCUT2D eigenvalue weighted by atomic mass is 10.2. The maximum Gasteiger partial charge on any atom is 0.433 e. The molecule has 112 valence electrons. The summed E-state index contributed by atoms with van der Waals surface area (Å²) in [6.07, 6.45) is 3.12. The van der Waals surface area contributed by atoms with Crippen LogP contribution in [0.2, 0.25) is 0 Å². The fourth-order valence-corrected chi connectivity index (χ4v) is 2.12. The molecule has 0 unspecified atom stereocenters. The van der Waals surface area contributed by atoms with E-state index < -0.39 is 4.92 Å². The van der Waals surface area contributed by atoms with Crippen molar-refractivity contribution in [2.75, 3.05) is 11.9 Å². The molecule has 0 bridgehead atoms. The molecule has 0 saturated carbocycles. The Morgan fingerprint density at radius 1 is 1.50 bits per heavy atom. The Bertz CT molecular complexity index is 866. The van der Waals surface area contributed by atoms with Gasteiger partial charge in [-0.1, -0.05) is 6.08 Å². The van der Waals surface area contributed by atoms with E-state index in [4.69, 9.17) is 4.42 Å². The van der Waals surface area contributed by atoms with Crippen LogP contribution < -0.4 is 5.32 Å². The van der Waals surface area contributed by atoms with E-state index >= 15 is 0 Å². The molecule has 0 atom stereocenters. The molecule has 3 rings (SSSR count). The van der Waals surface area contributed by atoms with E-state index in [1.54, 1.807) is 17.8 Å². The number of furan rings is 1. The van der Waals surface area contributed by atoms with Crippen molar-refractivity contribution in [1.82, 2.24) is 19.7 Å². The van der Waals surface area contributed by atoms with Gasteiger partial charge in [0.25, 0.3) is 0 Å². The van der Waals surface area contributed by atoms with Crippen molar-refractivity contribution in [2.45, 2.75) is 0 Å². The van der Waals surface area contributed by atoms with E-state index in [-0.39, 0.29) is 11.6 Å². The molecule has 0 radical (unpaired) electrons. The summed E-state index contributed by atoms with van der Waals surface area (Å²) in [5.74, 6) is 0.507. The highest BCUT2D eigenvalue weighted by Gasteiger charge is 2.21. The van der Waals surface area contributed by atoms with Crippen LogP contribution in [0.15, 0.2) is 35.5 Å². The van der Waals surface area contributed by atoms with E-state index in [0.717, 1.165) is 0 Å². The zero-order chi connectivity index (χ0) is 15.7. The first-order valence-corrected chi connectivity index (χ1v) is 6.39. The topological polar surface area (TPSA) is 112 Å². The van der Waals surface area contributed by atoms with E-state index in [0.29, 0.717) is 29.1 Å². The zero-order valence-electron chi connectivity index (χ0n) is 11.7. The summed E-state index contributed by atoms with van der Waals surface area (Å²) in [4.78, 5) is 18.5. The second-order valence-electron chi connectivity index (χ2n) is 4.46. The molecular weight excluding hydrogens is 288 g/mol. The van der Waals surface area contributed by atoms with Gasteiger partial charge in [-0.3, -0.25) is 10.1 Å². The van der Waals surface area contributed by atoms with Crippen molar-refractivity contribution in [3.05, 3.63) is 41.2 Å². The van der Waals surface area contributed by atoms with E-state index in [9.17, 15) is 10.1 Å².